The van der Waals surface area contributed by atoms with Crippen LogP contribution in [0.3, 0.4) is 0 Å². The molecule has 4 aromatic rings. The van der Waals surface area contributed by atoms with Crippen LogP contribution in [0.2, 0.25) is 0 Å². The predicted octanol–water partition coefficient (Wildman–Crippen LogP) is 5.95. The van der Waals surface area contributed by atoms with E-state index in [1.165, 1.54) is 11.6 Å². The first-order chi connectivity index (χ1) is 18.8. The molecule has 0 saturated heterocycles. The molecule has 1 aliphatic heterocycles. The van der Waals surface area contributed by atoms with Crippen LogP contribution in [-0.4, -0.2) is 29.0 Å². The fourth-order valence-electron chi connectivity index (χ4n) is 4.90. The SMILES string of the molecule is CN(Cc1cc(C(F)(F)F)cc(C(F)(F)F)c1)C(=O)c1c(-c2cccc(N)c2)c2cccc3c2n(c1=O)CCO3. The van der Waals surface area contributed by atoms with E-state index in [0.717, 1.165) is 4.90 Å². The molecule has 0 unspecified atom stereocenters. The molecule has 2 N–H and O–H groups in total. The van der Waals surface area contributed by atoms with Gasteiger partial charge in [-0.2, -0.15) is 26.3 Å². The highest BCUT2D eigenvalue weighted by atomic mass is 19.4. The number of benzene rings is 3. The summed E-state index contributed by atoms with van der Waals surface area (Å²) in [6.07, 6.45) is -10.1. The van der Waals surface area contributed by atoms with E-state index in [-0.39, 0.29) is 30.3 Å². The van der Waals surface area contributed by atoms with Crippen LogP contribution in [0.1, 0.15) is 27.0 Å². The zero-order chi connectivity index (χ0) is 29.0. The summed E-state index contributed by atoms with van der Waals surface area (Å²) in [6.45, 7) is -0.323. The van der Waals surface area contributed by atoms with Crippen molar-refractivity contribution in [2.75, 3.05) is 19.4 Å². The number of para-hydroxylation sites is 1. The van der Waals surface area contributed by atoms with Crippen LogP contribution >= 0.6 is 0 Å². The number of nitrogens with two attached hydrogens (primary N) is 1. The largest absolute Gasteiger partial charge is 0.490 e. The molecule has 12 heteroatoms. The van der Waals surface area contributed by atoms with Gasteiger partial charge in [0.15, 0.2) is 0 Å². The van der Waals surface area contributed by atoms with Crippen molar-refractivity contribution in [2.45, 2.75) is 25.4 Å². The molecule has 2 heterocycles. The molecule has 5 rings (SSSR count). The molecule has 40 heavy (non-hydrogen) atoms. The Morgan fingerprint density at radius 3 is 2.25 bits per heavy atom. The lowest BCUT2D eigenvalue weighted by Gasteiger charge is -2.25. The lowest BCUT2D eigenvalue weighted by atomic mass is 9.94. The first-order valence-electron chi connectivity index (χ1n) is 12.0. The number of rotatable bonds is 4. The number of ether oxygens (including phenoxy) is 1. The fraction of sp³-hybridized carbons (Fsp3) is 0.214. The summed E-state index contributed by atoms with van der Waals surface area (Å²) >= 11 is 0. The Kier molecular flexibility index (Phi) is 6.51. The Bertz CT molecular complexity index is 1680. The van der Waals surface area contributed by atoms with Gasteiger partial charge >= 0.3 is 12.4 Å². The number of alkyl halides is 6. The third kappa shape index (κ3) is 4.85. The quantitative estimate of drug-likeness (QED) is 0.247. The topological polar surface area (TPSA) is 77.6 Å². The second-order valence-electron chi connectivity index (χ2n) is 9.41. The number of pyridine rings is 1. The molecule has 0 aliphatic carbocycles. The van der Waals surface area contributed by atoms with Crippen LogP contribution < -0.4 is 16.0 Å². The van der Waals surface area contributed by atoms with Gasteiger partial charge in [0.25, 0.3) is 11.5 Å². The normalized spacial score (nSPS) is 13.3. The van der Waals surface area contributed by atoms with Crippen LogP contribution in [0.15, 0.2) is 65.5 Å². The van der Waals surface area contributed by atoms with E-state index in [9.17, 15) is 35.9 Å². The maximum atomic E-state index is 13.8. The number of hydrogen-bond donors (Lipinski definition) is 1. The molecular weight excluding hydrogens is 540 g/mol. The average molecular weight is 561 g/mol. The van der Waals surface area contributed by atoms with Crippen LogP contribution in [-0.2, 0) is 25.4 Å². The van der Waals surface area contributed by atoms with Gasteiger partial charge in [0, 0.05) is 30.2 Å². The third-order valence-electron chi connectivity index (χ3n) is 6.62. The second kappa shape index (κ2) is 9.61. The number of carbonyl (C=O) groups excluding carboxylic acids is 1. The maximum absolute atomic E-state index is 13.8. The molecule has 0 fully saturated rings. The van der Waals surface area contributed by atoms with Gasteiger partial charge in [0.05, 0.1) is 23.2 Å². The molecule has 0 bridgehead atoms. The summed E-state index contributed by atoms with van der Waals surface area (Å²) in [5.74, 6) is -0.446. The number of carbonyl (C=O) groups is 1. The first-order valence-corrected chi connectivity index (χ1v) is 12.0. The van der Waals surface area contributed by atoms with E-state index in [1.54, 1.807) is 42.5 Å². The van der Waals surface area contributed by atoms with Gasteiger partial charge in [-0.05, 0) is 47.5 Å². The smallest absolute Gasteiger partial charge is 0.416 e. The highest BCUT2D eigenvalue weighted by Crippen LogP contribution is 2.38. The fourth-order valence-corrected chi connectivity index (χ4v) is 4.90. The number of hydrogen-bond acceptors (Lipinski definition) is 4. The van der Waals surface area contributed by atoms with Crippen molar-refractivity contribution in [1.82, 2.24) is 9.47 Å². The summed E-state index contributed by atoms with van der Waals surface area (Å²) in [4.78, 5) is 28.5. The zero-order valence-electron chi connectivity index (χ0n) is 20.9. The van der Waals surface area contributed by atoms with Gasteiger partial charge in [-0.15, -0.1) is 0 Å². The Balaban J connectivity index is 1.67. The van der Waals surface area contributed by atoms with Gasteiger partial charge in [-0.3, -0.25) is 9.59 Å². The molecule has 3 aromatic carbocycles. The van der Waals surface area contributed by atoms with Crippen LogP contribution in [0, 0.1) is 0 Å². The van der Waals surface area contributed by atoms with Crippen molar-refractivity contribution in [3.05, 3.63) is 93.3 Å². The molecule has 0 atom stereocenters. The van der Waals surface area contributed by atoms with E-state index in [1.807, 2.05) is 0 Å². The number of nitrogens with zero attached hydrogens (tertiary/aromatic N) is 2. The molecular formula is C28H21F6N3O3. The molecule has 1 aromatic heterocycles. The number of anilines is 1. The first kappa shape index (κ1) is 27.1. The van der Waals surface area contributed by atoms with Crippen molar-refractivity contribution in [3.63, 3.8) is 0 Å². The van der Waals surface area contributed by atoms with Gasteiger partial charge in [-0.25, -0.2) is 0 Å². The van der Waals surface area contributed by atoms with E-state index in [4.69, 9.17) is 10.5 Å². The molecule has 0 spiro atoms. The van der Waals surface area contributed by atoms with Crippen molar-refractivity contribution in [2.24, 2.45) is 0 Å². The lowest BCUT2D eigenvalue weighted by molar-refractivity contribution is -0.143. The van der Waals surface area contributed by atoms with Gasteiger partial charge in [0.1, 0.15) is 17.9 Å². The Hall–Kier alpha value is -4.48. The van der Waals surface area contributed by atoms with Crippen LogP contribution in [0.4, 0.5) is 32.0 Å². The minimum Gasteiger partial charge on any atom is -0.490 e. The summed E-state index contributed by atoms with van der Waals surface area (Å²) in [5, 5.41) is 0.498. The van der Waals surface area contributed by atoms with Crippen LogP contribution in [0.5, 0.6) is 5.75 Å². The summed E-state index contributed by atoms with van der Waals surface area (Å²) in [5.41, 5.74) is 3.09. The van der Waals surface area contributed by atoms with Gasteiger partial charge in [-0.1, -0.05) is 24.3 Å². The number of amides is 1. The highest BCUT2D eigenvalue weighted by Gasteiger charge is 2.37. The second-order valence-corrected chi connectivity index (χ2v) is 9.41. The Labute approximate surface area is 223 Å². The summed E-state index contributed by atoms with van der Waals surface area (Å²) < 4.78 is 87.4. The summed E-state index contributed by atoms with van der Waals surface area (Å²) in [6, 6.07) is 12.6. The minimum absolute atomic E-state index is 0.0172. The van der Waals surface area contributed by atoms with Crippen molar-refractivity contribution in [3.8, 4) is 16.9 Å². The molecule has 1 amide bonds. The zero-order valence-corrected chi connectivity index (χ0v) is 20.9. The van der Waals surface area contributed by atoms with E-state index in [0.29, 0.717) is 40.0 Å². The molecule has 1 aliphatic rings. The van der Waals surface area contributed by atoms with Crippen molar-refractivity contribution >= 4 is 22.5 Å². The van der Waals surface area contributed by atoms with Gasteiger partial charge < -0.3 is 19.9 Å². The molecule has 6 nitrogen and oxygen atoms in total. The standard InChI is InChI=1S/C28H21F6N3O3/c1-36(14-15-10-17(27(29,30)31)13-18(11-15)28(32,33)34)25(38)23-22(16-4-2-5-19(35)12-16)20-6-3-7-21-24(20)37(26(23)39)8-9-40-21/h2-7,10-13H,8-9,14,35H2,1H3. The third-order valence-corrected chi connectivity index (χ3v) is 6.62. The molecule has 0 saturated carbocycles. The predicted molar refractivity (Wildman–Crippen MR) is 136 cm³/mol. The van der Waals surface area contributed by atoms with Crippen LogP contribution in [0.25, 0.3) is 22.0 Å². The van der Waals surface area contributed by atoms with Gasteiger partial charge in [0.2, 0.25) is 0 Å². The number of halogens is 6. The summed E-state index contributed by atoms with van der Waals surface area (Å²) in [7, 11) is 1.21. The van der Waals surface area contributed by atoms with E-state index in [2.05, 4.69) is 0 Å². The van der Waals surface area contributed by atoms with E-state index < -0.39 is 47.1 Å². The van der Waals surface area contributed by atoms with Crippen molar-refractivity contribution in [1.29, 1.82) is 0 Å². The molecule has 208 valence electrons. The average Bonchev–Trinajstić information content (AvgIpc) is 2.89. The lowest BCUT2D eigenvalue weighted by Crippen LogP contribution is -2.37. The minimum atomic E-state index is -5.04. The Morgan fingerprint density at radius 1 is 0.975 bits per heavy atom. The number of nitrogen functional groups attached to an aromatic ring is 1. The van der Waals surface area contributed by atoms with E-state index >= 15 is 0 Å². The van der Waals surface area contributed by atoms with Crippen molar-refractivity contribution < 1.29 is 35.9 Å². The maximum Gasteiger partial charge on any atom is 0.416 e. The monoisotopic (exact) mass is 561 g/mol. The molecule has 0 radical (unpaired) electrons. The highest BCUT2D eigenvalue weighted by molar-refractivity contribution is 6.10. The Morgan fingerprint density at radius 2 is 1.62 bits per heavy atom. The number of aromatic nitrogens is 1.